The van der Waals surface area contributed by atoms with Crippen molar-refractivity contribution in [1.82, 2.24) is 14.8 Å². The fraction of sp³-hybridized carbons (Fsp3) is 0.200. The van der Waals surface area contributed by atoms with Gasteiger partial charge in [-0.3, -0.25) is 4.68 Å². The fourth-order valence-electron chi connectivity index (χ4n) is 1.21. The van der Waals surface area contributed by atoms with Gasteiger partial charge in [0.2, 0.25) is 0 Å². The summed E-state index contributed by atoms with van der Waals surface area (Å²) in [6.45, 7) is 2.92. The molecule has 0 fully saturated rings. The lowest BCUT2D eigenvalue weighted by Gasteiger charge is -2.01. The van der Waals surface area contributed by atoms with Crippen LogP contribution in [0.2, 0.25) is 0 Å². The third-order valence-corrected chi connectivity index (χ3v) is 2.38. The van der Waals surface area contributed by atoms with E-state index in [9.17, 15) is 0 Å². The van der Waals surface area contributed by atoms with Crippen molar-refractivity contribution >= 4 is 27.6 Å². The summed E-state index contributed by atoms with van der Waals surface area (Å²) in [4.78, 5) is 4.26. The predicted molar refractivity (Wildman–Crippen MR) is 63.1 cm³/mol. The Kier molecular flexibility index (Phi) is 3.01. The third kappa shape index (κ3) is 2.56. The molecule has 0 aliphatic heterocycles. The molecule has 0 aliphatic carbocycles. The molecule has 78 valence electrons. The molecule has 4 nitrogen and oxygen atoms in total. The van der Waals surface area contributed by atoms with Gasteiger partial charge in [-0.2, -0.15) is 5.10 Å². The van der Waals surface area contributed by atoms with Gasteiger partial charge in [0.25, 0.3) is 0 Å². The van der Waals surface area contributed by atoms with E-state index >= 15 is 0 Å². The summed E-state index contributed by atoms with van der Waals surface area (Å²) >= 11 is 3.32. The van der Waals surface area contributed by atoms with Crippen molar-refractivity contribution in [3.8, 4) is 0 Å². The Bertz CT molecular complexity index is 452. The maximum absolute atomic E-state index is 4.30. The molecule has 2 rings (SSSR count). The summed E-state index contributed by atoms with van der Waals surface area (Å²) in [5, 5.41) is 7.43. The van der Waals surface area contributed by atoms with E-state index in [0.29, 0.717) is 0 Å². The second-order valence-corrected chi connectivity index (χ2v) is 3.84. The Morgan fingerprint density at radius 2 is 2.20 bits per heavy atom. The second-order valence-electron chi connectivity index (χ2n) is 3.03. The van der Waals surface area contributed by atoms with Crippen LogP contribution in [0, 0.1) is 0 Å². The molecule has 0 saturated heterocycles. The quantitative estimate of drug-likeness (QED) is 0.869. The molecule has 0 aromatic carbocycles. The number of hydrogen-bond donors (Lipinski definition) is 1. The van der Waals surface area contributed by atoms with E-state index in [1.165, 1.54) is 0 Å². The number of anilines is 2. The van der Waals surface area contributed by atoms with Crippen LogP contribution in [-0.4, -0.2) is 14.8 Å². The number of halogens is 1. The van der Waals surface area contributed by atoms with Crippen LogP contribution in [0.5, 0.6) is 0 Å². The van der Waals surface area contributed by atoms with Gasteiger partial charge in [-0.25, -0.2) is 4.98 Å². The molecular weight excluding hydrogens is 256 g/mol. The number of pyridine rings is 1. The molecule has 0 unspecified atom stereocenters. The largest absolute Gasteiger partial charge is 0.323 e. The molecule has 15 heavy (non-hydrogen) atoms. The Balaban J connectivity index is 2.14. The van der Waals surface area contributed by atoms with E-state index in [1.54, 1.807) is 0 Å². The van der Waals surface area contributed by atoms with Gasteiger partial charge in [-0.15, -0.1) is 0 Å². The maximum atomic E-state index is 4.30. The first-order chi connectivity index (χ1) is 7.28. The molecule has 0 aliphatic rings. The molecule has 0 radical (unpaired) electrons. The van der Waals surface area contributed by atoms with Crippen LogP contribution in [0.25, 0.3) is 0 Å². The highest BCUT2D eigenvalue weighted by atomic mass is 79.9. The molecular formula is C10H11BrN4. The van der Waals surface area contributed by atoms with Crippen molar-refractivity contribution in [3.05, 3.63) is 35.1 Å². The first kappa shape index (κ1) is 10.2. The molecule has 0 bridgehead atoms. The predicted octanol–water partition coefficient (Wildman–Crippen LogP) is 2.80. The molecule has 2 aromatic rings. The average Bonchev–Trinajstić information content (AvgIpc) is 2.65. The van der Waals surface area contributed by atoms with Gasteiger partial charge in [-0.05, 0) is 35.0 Å². The number of hydrogen-bond acceptors (Lipinski definition) is 3. The zero-order valence-corrected chi connectivity index (χ0v) is 9.90. The van der Waals surface area contributed by atoms with Crippen molar-refractivity contribution in [2.24, 2.45) is 0 Å². The number of rotatable bonds is 3. The summed E-state index contributed by atoms with van der Waals surface area (Å²) in [6, 6.07) is 7.63. The summed E-state index contributed by atoms with van der Waals surface area (Å²) in [6.07, 6.45) is 1.93. The molecule has 0 atom stereocenters. The maximum Gasteiger partial charge on any atom is 0.153 e. The van der Waals surface area contributed by atoms with Crippen LogP contribution >= 0.6 is 15.9 Å². The molecule has 5 heteroatoms. The minimum Gasteiger partial charge on any atom is -0.323 e. The van der Waals surface area contributed by atoms with Crippen molar-refractivity contribution in [2.75, 3.05) is 5.32 Å². The smallest absolute Gasteiger partial charge is 0.153 e. The van der Waals surface area contributed by atoms with Gasteiger partial charge < -0.3 is 5.32 Å². The Morgan fingerprint density at radius 3 is 2.87 bits per heavy atom. The van der Waals surface area contributed by atoms with E-state index in [1.807, 2.05) is 42.1 Å². The van der Waals surface area contributed by atoms with Crippen LogP contribution < -0.4 is 5.32 Å². The zero-order valence-electron chi connectivity index (χ0n) is 8.31. The molecule has 0 saturated carbocycles. The van der Waals surface area contributed by atoms with E-state index in [0.717, 1.165) is 22.8 Å². The minimum atomic E-state index is 0.783. The monoisotopic (exact) mass is 266 g/mol. The summed E-state index contributed by atoms with van der Waals surface area (Å²) < 4.78 is 2.67. The van der Waals surface area contributed by atoms with E-state index in [2.05, 4.69) is 31.3 Å². The molecule has 2 heterocycles. The summed E-state index contributed by atoms with van der Waals surface area (Å²) in [5.74, 6) is 1.59. The van der Waals surface area contributed by atoms with Gasteiger partial charge in [0.05, 0.1) is 0 Å². The SMILES string of the molecule is CCn1ccc(Nc2cccc(Br)n2)n1. The Hall–Kier alpha value is -1.36. The molecule has 2 aromatic heterocycles. The van der Waals surface area contributed by atoms with Gasteiger partial charge in [0, 0.05) is 18.8 Å². The van der Waals surface area contributed by atoms with E-state index in [4.69, 9.17) is 0 Å². The van der Waals surface area contributed by atoms with Crippen LogP contribution in [0.15, 0.2) is 35.1 Å². The lowest BCUT2D eigenvalue weighted by Crippen LogP contribution is -1.97. The van der Waals surface area contributed by atoms with Gasteiger partial charge in [-0.1, -0.05) is 6.07 Å². The zero-order chi connectivity index (χ0) is 10.7. The van der Waals surface area contributed by atoms with Gasteiger partial charge >= 0.3 is 0 Å². The van der Waals surface area contributed by atoms with E-state index in [-0.39, 0.29) is 0 Å². The number of nitrogens with one attached hydrogen (secondary N) is 1. The van der Waals surface area contributed by atoms with E-state index < -0.39 is 0 Å². The Morgan fingerprint density at radius 1 is 1.33 bits per heavy atom. The van der Waals surface area contributed by atoms with Gasteiger partial charge in [0.15, 0.2) is 5.82 Å². The summed E-state index contributed by atoms with van der Waals surface area (Å²) in [7, 11) is 0. The first-order valence-electron chi connectivity index (χ1n) is 4.71. The lowest BCUT2D eigenvalue weighted by molar-refractivity contribution is 0.662. The van der Waals surface area contributed by atoms with Gasteiger partial charge in [0.1, 0.15) is 10.4 Å². The molecule has 0 spiro atoms. The van der Waals surface area contributed by atoms with Crippen LogP contribution in [0.3, 0.4) is 0 Å². The van der Waals surface area contributed by atoms with Crippen molar-refractivity contribution < 1.29 is 0 Å². The number of nitrogens with zero attached hydrogens (tertiary/aromatic N) is 3. The number of aromatic nitrogens is 3. The van der Waals surface area contributed by atoms with Crippen LogP contribution in [-0.2, 0) is 6.54 Å². The van der Waals surface area contributed by atoms with Crippen molar-refractivity contribution in [2.45, 2.75) is 13.5 Å². The molecule has 1 N–H and O–H groups in total. The van der Waals surface area contributed by atoms with Crippen molar-refractivity contribution in [1.29, 1.82) is 0 Å². The van der Waals surface area contributed by atoms with Crippen molar-refractivity contribution in [3.63, 3.8) is 0 Å². The average molecular weight is 267 g/mol. The minimum absolute atomic E-state index is 0.783. The summed E-state index contributed by atoms with van der Waals surface area (Å²) in [5.41, 5.74) is 0. The highest BCUT2D eigenvalue weighted by molar-refractivity contribution is 9.10. The normalized spacial score (nSPS) is 10.3. The van der Waals surface area contributed by atoms with Crippen LogP contribution in [0.4, 0.5) is 11.6 Å². The topological polar surface area (TPSA) is 42.7 Å². The highest BCUT2D eigenvalue weighted by Gasteiger charge is 1.99. The number of aryl methyl sites for hydroxylation is 1. The third-order valence-electron chi connectivity index (χ3n) is 1.94. The van der Waals surface area contributed by atoms with Crippen LogP contribution in [0.1, 0.15) is 6.92 Å². The lowest BCUT2D eigenvalue weighted by atomic mass is 10.4. The first-order valence-corrected chi connectivity index (χ1v) is 5.50. The fourth-order valence-corrected chi connectivity index (χ4v) is 1.56. The Labute approximate surface area is 96.5 Å². The molecule has 0 amide bonds. The second kappa shape index (κ2) is 4.44. The highest BCUT2D eigenvalue weighted by Crippen LogP contribution is 2.14. The standard InChI is InChI=1S/C10H11BrN4/c1-2-15-7-6-10(14-15)13-9-5-3-4-8(11)12-9/h3-7H,2H2,1H3,(H,12,13,14).